The third-order valence-electron chi connectivity index (χ3n) is 0.879. The Balaban J connectivity index is 3.03. The zero-order chi connectivity index (χ0) is 7.40. The van der Waals surface area contributed by atoms with Gasteiger partial charge in [-0.05, 0) is 34.8 Å². The summed E-state index contributed by atoms with van der Waals surface area (Å²) in [6, 6.07) is 1.77. The third kappa shape index (κ3) is 1.82. The summed E-state index contributed by atoms with van der Waals surface area (Å²) in [6.45, 7) is 1.77. The van der Waals surface area contributed by atoms with Crippen molar-refractivity contribution in [3.05, 3.63) is 22.7 Å². The van der Waals surface area contributed by atoms with Crippen LogP contribution in [0.2, 0.25) is 0 Å². The largest absolute Gasteiger partial charge is 0.231 e. The third-order valence-corrected chi connectivity index (χ3v) is 1.26. The van der Waals surface area contributed by atoms with E-state index in [1.165, 1.54) is 0 Å². The summed E-state index contributed by atoms with van der Waals surface area (Å²) >= 11 is 3.14. The molecule has 0 aliphatic rings. The summed E-state index contributed by atoms with van der Waals surface area (Å²) < 4.78 is 0.577. The van der Waals surface area contributed by atoms with E-state index in [9.17, 15) is 0 Å². The number of rotatable bonds is 0. The smallest absolute Gasteiger partial charge is 0.197 e. The van der Waals surface area contributed by atoms with Crippen molar-refractivity contribution in [3.8, 4) is 11.8 Å². The van der Waals surface area contributed by atoms with Crippen LogP contribution in [0.15, 0.2) is 17.0 Å². The minimum absolute atomic E-state index is 0.577. The van der Waals surface area contributed by atoms with E-state index in [1.807, 2.05) is 0 Å². The molecule has 0 amide bonds. The van der Waals surface area contributed by atoms with Crippen LogP contribution in [0.5, 0.6) is 0 Å². The van der Waals surface area contributed by atoms with E-state index >= 15 is 0 Å². The highest BCUT2D eigenvalue weighted by Gasteiger charge is 1.88. The molecule has 0 aliphatic carbocycles. The highest BCUT2D eigenvalue weighted by molar-refractivity contribution is 9.10. The lowest BCUT2D eigenvalue weighted by molar-refractivity contribution is 1.09. The summed E-state index contributed by atoms with van der Waals surface area (Å²) in [7, 11) is 0. The fourth-order valence-corrected chi connectivity index (χ4v) is 0.842. The van der Waals surface area contributed by atoms with Gasteiger partial charge in [0.25, 0.3) is 0 Å². The van der Waals surface area contributed by atoms with E-state index < -0.39 is 0 Å². The Bertz CT molecular complexity index is 285. The van der Waals surface area contributed by atoms with Crippen molar-refractivity contribution in [1.29, 1.82) is 0 Å². The van der Waals surface area contributed by atoms with E-state index in [4.69, 9.17) is 0 Å². The first kappa shape index (κ1) is 7.23. The first-order chi connectivity index (χ1) is 4.83. The molecule has 0 unspecified atom stereocenters. The monoisotopic (exact) mass is 196 g/mol. The second-order valence-corrected chi connectivity index (χ2v) is 2.30. The zero-order valence-corrected chi connectivity index (χ0v) is 7.01. The molecule has 0 aromatic carbocycles. The molecule has 1 heterocycles. The molecule has 0 spiro atoms. The molecular formula is C7H5BrN2. The van der Waals surface area contributed by atoms with Gasteiger partial charge >= 0.3 is 0 Å². The first-order valence-electron chi connectivity index (χ1n) is 2.74. The molecule has 0 radical (unpaired) electrons. The van der Waals surface area contributed by atoms with Gasteiger partial charge in [-0.1, -0.05) is 5.92 Å². The molecule has 0 N–H and O–H groups in total. The van der Waals surface area contributed by atoms with Gasteiger partial charge < -0.3 is 0 Å². The van der Waals surface area contributed by atoms with Crippen molar-refractivity contribution >= 4 is 15.9 Å². The molecule has 50 valence electrons. The average molecular weight is 197 g/mol. The number of aromatic nitrogens is 2. The molecule has 0 atom stereocenters. The van der Waals surface area contributed by atoms with Crippen LogP contribution in [-0.4, -0.2) is 9.97 Å². The van der Waals surface area contributed by atoms with Gasteiger partial charge in [-0.15, -0.1) is 0 Å². The Labute approximate surface area is 67.8 Å². The van der Waals surface area contributed by atoms with Crippen molar-refractivity contribution in [2.75, 3.05) is 0 Å². The van der Waals surface area contributed by atoms with Crippen LogP contribution >= 0.6 is 15.9 Å². The number of hydrogen-bond donors (Lipinski definition) is 0. The topological polar surface area (TPSA) is 25.8 Å². The fraction of sp³-hybridized carbons (Fsp3) is 0.143. The highest BCUT2D eigenvalue weighted by atomic mass is 79.9. The van der Waals surface area contributed by atoms with Gasteiger partial charge in [0.1, 0.15) is 5.69 Å². The summed E-state index contributed by atoms with van der Waals surface area (Å²) in [4.78, 5) is 7.85. The summed E-state index contributed by atoms with van der Waals surface area (Å²) in [6.07, 6.45) is 1.66. The zero-order valence-electron chi connectivity index (χ0n) is 5.43. The van der Waals surface area contributed by atoms with Crippen molar-refractivity contribution < 1.29 is 0 Å². The Morgan fingerprint density at radius 2 is 2.40 bits per heavy atom. The maximum absolute atomic E-state index is 3.99. The fourth-order valence-electron chi connectivity index (χ4n) is 0.533. The van der Waals surface area contributed by atoms with Crippen LogP contribution in [0.4, 0.5) is 0 Å². The Morgan fingerprint density at radius 3 is 3.00 bits per heavy atom. The van der Waals surface area contributed by atoms with Gasteiger partial charge in [0.05, 0.1) is 0 Å². The van der Waals surface area contributed by atoms with E-state index in [2.05, 4.69) is 37.7 Å². The standard InChI is InChI=1S/C7H5BrN2/c1-2-3-6-4-5-9-7(8)10-6/h4-5H,1H3. The molecule has 10 heavy (non-hydrogen) atoms. The molecule has 3 heteroatoms. The molecule has 0 saturated carbocycles. The molecule has 0 aliphatic heterocycles. The van der Waals surface area contributed by atoms with Crippen LogP contribution in [0.25, 0.3) is 0 Å². The Morgan fingerprint density at radius 1 is 1.60 bits per heavy atom. The summed E-state index contributed by atoms with van der Waals surface area (Å²) in [5.74, 6) is 5.57. The van der Waals surface area contributed by atoms with Crippen molar-refractivity contribution in [2.45, 2.75) is 6.92 Å². The molecule has 1 aromatic rings. The second-order valence-electron chi connectivity index (χ2n) is 1.59. The molecule has 0 bridgehead atoms. The molecule has 1 rings (SSSR count). The molecular weight excluding hydrogens is 192 g/mol. The first-order valence-corrected chi connectivity index (χ1v) is 3.53. The second kappa shape index (κ2) is 3.33. The maximum atomic E-state index is 3.99. The van der Waals surface area contributed by atoms with Crippen molar-refractivity contribution in [3.63, 3.8) is 0 Å². The minimum Gasteiger partial charge on any atom is -0.231 e. The maximum Gasteiger partial charge on any atom is 0.197 e. The number of hydrogen-bond acceptors (Lipinski definition) is 2. The Kier molecular flexibility index (Phi) is 2.41. The highest BCUT2D eigenvalue weighted by Crippen LogP contribution is 2.00. The lowest BCUT2D eigenvalue weighted by atomic mass is 10.4. The quantitative estimate of drug-likeness (QED) is 0.466. The van der Waals surface area contributed by atoms with Gasteiger partial charge in [0.15, 0.2) is 4.73 Å². The number of nitrogens with zero attached hydrogens (tertiary/aromatic N) is 2. The lowest BCUT2D eigenvalue weighted by Crippen LogP contribution is -1.84. The lowest BCUT2D eigenvalue weighted by Gasteiger charge is -1.87. The number of halogens is 1. The average Bonchev–Trinajstić information content (AvgIpc) is 1.88. The van der Waals surface area contributed by atoms with Gasteiger partial charge in [-0.3, -0.25) is 0 Å². The van der Waals surface area contributed by atoms with Gasteiger partial charge in [0, 0.05) is 6.20 Å². The van der Waals surface area contributed by atoms with Gasteiger partial charge in [0.2, 0.25) is 0 Å². The van der Waals surface area contributed by atoms with Crippen LogP contribution in [0.3, 0.4) is 0 Å². The molecule has 2 nitrogen and oxygen atoms in total. The van der Waals surface area contributed by atoms with Crippen LogP contribution in [-0.2, 0) is 0 Å². The normalized spacial score (nSPS) is 8.20. The summed E-state index contributed by atoms with van der Waals surface area (Å²) in [5.41, 5.74) is 0.740. The predicted octanol–water partition coefficient (Wildman–Crippen LogP) is 1.61. The van der Waals surface area contributed by atoms with Crippen LogP contribution < -0.4 is 0 Å². The molecule has 0 saturated heterocycles. The van der Waals surface area contributed by atoms with Crippen LogP contribution in [0.1, 0.15) is 12.6 Å². The van der Waals surface area contributed by atoms with E-state index in [0.29, 0.717) is 4.73 Å². The van der Waals surface area contributed by atoms with Gasteiger partial charge in [-0.2, -0.15) is 0 Å². The molecule has 0 fully saturated rings. The van der Waals surface area contributed by atoms with E-state index in [1.54, 1.807) is 19.2 Å². The van der Waals surface area contributed by atoms with Gasteiger partial charge in [-0.25, -0.2) is 9.97 Å². The van der Waals surface area contributed by atoms with E-state index in [-0.39, 0.29) is 0 Å². The van der Waals surface area contributed by atoms with E-state index in [0.717, 1.165) is 5.69 Å². The Hall–Kier alpha value is -0.880. The van der Waals surface area contributed by atoms with Crippen LogP contribution in [0, 0.1) is 11.8 Å². The van der Waals surface area contributed by atoms with Crippen molar-refractivity contribution in [1.82, 2.24) is 9.97 Å². The molecule has 1 aromatic heterocycles. The summed E-state index contributed by atoms with van der Waals surface area (Å²) in [5, 5.41) is 0. The SMILES string of the molecule is CC#Cc1ccnc(Br)n1. The minimum atomic E-state index is 0.577. The predicted molar refractivity (Wildman–Crippen MR) is 42.3 cm³/mol. The van der Waals surface area contributed by atoms with Crippen molar-refractivity contribution in [2.24, 2.45) is 0 Å².